The Kier molecular flexibility index (Phi) is 5.22. The van der Waals surface area contributed by atoms with E-state index in [0.717, 1.165) is 24.3 Å². The zero-order chi connectivity index (χ0) is 26.9. The second-order valence-electron chi connectivity index (χ2n) is 8.41. The van der Waals surface area contributed by atoms with Gasteiger partial charge in [-0.25, -0.2) is 4.90 Å². The fourth-order valence-corrected chi connectivity index (χ4v) is 4.53. The van der Waals surface area contributed by atoms with Crippen LogP contribution in [0, 0.1) is 0 Å². The molecule has 1 aliphatic rings. The molecule has 37 heavy (non-hydrogen) atoms. The second kappa shape index (κ2) is 7.99. The number of nitrogens with zero attached hydrogens (tertiary/aromatic N) is 1. The van der Waals surface area contributed by atoms with Crippen molar-refractivity contribution >= 4 is 39.6 Å². The van der Waals surface area contributed by atoms with E-state index < -0.39 is 52.1 Å². The molecule has 188 valence electrons. The van der Waals surface area contributed by atoms with Crippen LogP contribution in [0.2, 0.25) is 0 Å². The molecule has 0 radical (unpaired) electrons. The number of carbonyl (C=O) groups excluding carboxylic acids is 2. The lowest BCUT2D eigenvalue weighted by atomic mass is 9.91. The number of benzene rings is 4. The summed E-state index contributed by atoms with van der Waals surface area (Å²) >= 11 is 0. The molecule has 4 aromatic rings. The number of nitrogen functional groups attached to an aromatic ring is 2. The van der Waals surface area contributed by atoms with E-state index >= 15 is 0 Å². The van der Waals surface area contributed by atoms with Crippen molar-refractivity contribution in [3.8, 4) is 11.1 Å². The highest BCUT2D eigenvalue weighted by molar-refractivity contribution is 6.36. The molecule has 0 atom stereocenters. The summed E-state index contributed by atoms with van der Waals surface area (Å²) in [5.41, 5.74) is 6.74. The monoisotopic (exact) mass is 515 g/mol. The maximum absolute atomic E-state index is 14.1. The molecule has 4 N–H and O–H groups in total. The van der Waals surface area contributed by atoms with Gasteiger partial charge in [0, 0.05) is 33.3 Å². The van der Waals surface area contributed by atoms with Crippen LogP contribution in [0.25, 0.3) is 21.9 Å². The molecule has 4 aromatic carbocycles. The molecule has 5 rings (SSSR count). The van der Waals surface area contributed by atoms with Crippen molar-refractivity contribution in [3.63, 3.8) is 0 Å². The first-order valence-electron chi connectivity index (χ1n) is 10.7. The van der Waals surface area contributed by atoms with Gasteiger partial charge in [0.25, 0.3) is 11.8 Å². The fraction of sp³-hybridized carbons (Fsp3) is 0.0769. The Hall–Kier alpha value is -4.54. The van der Waals surface area contributed by atoms with E-state index in [1.54, 1.807) is 6.07 Å². The first kappa shape index (κ1) is 24.2. The van der Waals surface area contributed by atoms with Crippen LogP contribution in [0.5, 0.6) is 0 Å². The van der Waals surface area contributed by atoms with Crippen LogP contribution in [0.1, 0.15) is 31.8 Å². The molecule has 2 amide bonds. The van der Waals surface area contributed by atoms with Gasteiger partial charge in [-0.3, -0.25) is 9.59 Å². The molecule has 0 fully saturated rings. The highest BCUT2D eigenvalue weighted by Gasteiger charge is 2.40. The van der Waals surface area contributed by atoms with E-state index in [-0.39, 0.29) is 22.2 Å². The molecule has 5 nitrogen and oxygen atoms in total. The maximum Gasteiger partial charge on any atom is 0.417 e. The summed E-state index contributed by atoms with van der Waals surface area (Å²) in [4.78, 5) is 27.1. The standard InChI is InChI=1S/C26H15F6N3O2/c27-25(28,29)19-10-12(33)4-6-14(19)15-7-5-13(11-20(15)26(30,31)32)35-23(36)17-3-1-2-16-21(34)9-8-18(22(16)17)24(35)37/h1-11H,33-34H2. The average Bonchev–Trinajstić information content (AvgIpc) is 2.82. The molecule has 0 unspecified atom stereocenters. The highest BCUT2D eigenvalue weighted by Crippen LogP contribution is 2.45. The van der Waals surface area contributed by atoms with Gasteiger partial charge < -0.3 is 11.5 Å². The van der Waals surface area contributed by atoms with Crippen molar-refractivity contribution in [1.29, 1.82) is 0 Å². The largest absolute Gasteiger partial charge is 0.417 e. The minimum Gasteiger partial charge on any atom is -0.399 e. The van der Waals surface area contributed by atoms with Crippen LogP contribution < -0.4 is 16.4 Å². The number of nitrogens with two attached hydrogens (primary N) is 2. The molecule has 1 aliphatic heterocycles. The first-order valence-corrected chi connectivity index (χ1v) is 10.7. The number of amides is 2. The van der Waals surface area contributed by atoms with Gasteiger partial charge in [-0.15, -0.1) is 0 Å². The van der Waals surface area contributed by atoms with Crippen LogP contribution in [-0.4, -0.2) is 11.8 Å². The molecular formula is C26H15F6N3O2. The smallest absolute Gasteiger partial charge is 0.399 e. The van der Waals surface area contributed by atoms with Crippen LogP contribution in [0.4, 0.5) is 43.4 Å². The molecule has 11 heteroatoms. The van der Waals surface area contributed by atoms with Crippen LogP contribution >= 0.6 is 0 Å². The average molecular weight is 515 g/mol. The minimum absolute atomic E-state index is 0.0509. The van der Waals surface area contributed by atoms with Crippen LogP contribution in [-0.2, 0) is 12.4 Å². The summed E-state index contributed by atoms with van der Waals surface area (Å²) in [7, 11) is 0. The van der Waals surface area contributed by atoms with E-state index in [9.17, 15) is 35.9 Å². The predicted octanol–water partition coefficient (Wildman–Crippen LogP) is 6.51. The third kappa shape index (κ3) is 3.83. The highest BCUT2D eigenvalue weighted by atomic mass is 19.4. The number of hydrogen-bond acceptors (Lipinski definition) is 4. The molecule has 1 heterocycles. The summed E-state index contributed by atoms with van der Waals surface area (Å²) in [6.07, 6.45) is -10.1. The van der Waals surface area contributed by atoms with Gasteiger partial charge in [-0.05, 0) is 53.6 Å². The lowest BCUT2D eigenvalue weighted by molar-refractivity contribution is -0.139. The quantitative estimate of drug-likeness (QED) is 0.181. The van der Waals surface area contributed by atoms with E-state index in [0.29, 0.717) is 28.1 Å². The van der Waals surface area contributed by atoms with Crippen molar-refractivity contribution in [3.05, 3.63) is 89.0 Å². The Morgan fingerprint density at radius 3 is 1.78 bits per heavy atom. The van der Waals surface area contributed by atoms with Crippen molar-refractivity contribution in [1.82, 2.24) is 0 Å². The lowest BCUT2D eigenvalue weighted by Crippen LogP contribution is -2.40. The number of alkyl halides is 6. The molecule has 0 saturated heterocycles. The zero-order valence-corrected chi connectivity index (χ0v) is 18.5. The van der Waals surface area contributed by atoms with E-state index in [4.69, 9.17) is 11.5 Å². The van der Waals surface area contributed by atoms with Gasteiger partial charge in [0.2, 0.25) is 0 Å². The summed E-state index contributed by atoms with van der Waals surface area (Å²) in [5, 5.41) is 0.712. The summed E-state index contributed by atoms with van der Waals surface area (Å²) in [5.74, 6) is -1.78. The Balaban J connectivity index is 1.71. The summed E-state index contributed by atoms with van der Waals surface area (Å²) < 4.78 is 83.4. The number of imide groups is 1. The van der Waals surface area contributed by atoms with Crippen molar-refractivity contribution < 1.29 is 35.9 Å². The zero-order valence-electron chi connectivity index (χ0n) is 18.5. The Morgan fingerprint density at radius 1 is 0.622 bits per heavy atom. The fourth-order valence-electron chi connectivity index (χ4n) is 4.53. The van der Waals surface area contributed by atoms with Gasteiger partial charge in [0.05, 0.1) is 16.8 Å². The predicted molar refractivity (Wildman–Crippen MR) is 126 cm³/mol. The molecule has 0 spiro atoms. The number of rotatable bonds is 2. The third-order valence-corrected chi connectivity index (χ3v) is 6.15. The van der Waals surface area contributed by atoms with Gasteiger partial charge >= 0.3 is 12.4 Å². The number of carbonyl (C=O) groups is 2. The topological polar surface area (TPSA) is 89.4 Å². The van der Waals surface area contributed by atoms with Gasteiger partial charge in [0.1, 0.15) is 0 Å². The van der Waals surface area contributed by atoms with E-state index in [1.165, 1.54) is 24.3 Å². The summed E-state index contributed by atoms with van der Waals surface area (Å²) in [6, 6.07) is 12.1. The second-order valence-corrected chi connectivity index (χ2v) is 8.41. The third-order valence-electron chi connectivity index (χ3n) is 6.15. The number of hydrogen-bond donors (Lipinski definition) is 2. The number of halogens is 6. The minimum atomic E-state index is -5.12. The molecule has 0 saturated carbocycles. The lowest BCUT2D eigenvalue weighted by Gasteiger charge is -2.28. The normalized spacial score (nSPS) is 13.9. The Bertz CT molecular complexity index is 1600. The number of anilines is 3. The molecule has 0 aromatic heterocycles. The van der Waals surface area contributed by atoms with Crippen molar-refractivity contribution in [2.75, 3.05) is 16.4 Å². The van der Waals surface area contributed by atoms with Gasteiger partial charge in [-0.1, -0.05) is 24.3 Å². The Labute approximate surface area is 204 Å². The van der Waals surface area contributed by atoms with Crippen molar-refractivity contribution in [2.24, 2.45) is 0 Å². The van der Waals surface area contributed by atoms with Gasteiger partial charge in [-0.2, -0.15) is 26.3 Å². The summed E-state index contributed by atoms with van der Waals surface area (Å²) in [6.45, 7) is 0. The van der Waals surface area contributed by atoms with Crippen molar-refractivity contribution in [2.45, 2.75) is 12.4 Å². The van der Waals surface area contributed by atoms with E-state index in [2.05, 4.69) is 0 Å². The maximum atomic E-state index is 14.1. The Morgan fingerprint density at radius 2 is 1.16 bits per heavy atom. The molecule has 0 bridgehead atoms. The van der Waals surface area contributed by atoms with E-state index in [1.807, 2.05) is 0 Å². The van der Waals surface area contributed by atoms with Crippen LogP contribution in [0.15, 0.2) is 66.7 Å². The van der Waals surface area contributed by atoms with Gasteiger partial charge in [0.15, 0.2) is 0 Å². The molecule has 0 aliphatic carbocycles. The first-order chi connectivity index (χ1) is 17.3. The molecular weight excluding hydrogens is 500 g/mol. The van der Waals surface area contributed by atoms with Crippen LogP contribution in [0.3, 0.4) is 0 Å². The SMILES string of the molecule is Nc1ccc(-c2ccc(N3C(=O)c4cccc5c(N)ccc(c45)C3=O)cc2C(F)(F)F)c(C(F)(F)F)c1.